The van der Waals surface area contributed by atoms with Crippen molar-refractivity contribution in [3.05, 3.63) is 40.4 Å². The third-order valence-corrected chi connectivity index (χ3v) is 4.86. The Morgan fingerprint density at radius 3 is 2.92 bits per heavy atom. The molecule has 6 heteroatoms. The van der Waals surface area contributed by atoms with E-state index in [0.717, 1.165) is 25.9 Å². The van der Waals surface area contributed by atoms with Crippen LogP contribution in [0, 0.1) is 5.92 Å². The number of rotatable bonds is 5. The Kier molecular flexibility index (Phi) is 5.48. The van der Waals surface area contributed by atoms with E-state index in [4.69, 9.17) is 4.74 Å². The van der Waals surface area contributed by atoms with Crippen LogP contribution in [0.15, 0.2) is 29.1 Å². The summed E-state index contributed by atoms with van der Waals surface area (Å²) >= 11 is 0. The normalized spacial score (nSPS) is 20.6. The van der Waals surface area contributed by atoms with E-state index in [9.17, 15) is 9.59 Å². The average molecular weight is 343 g/mol. The first-order valence-electron chi connectivity index (χ1n) is 9.02. The van der Waals surface area contributed by atoms with Crippen LogP contribution < -0.4 is 5.56 Å². The summed E-state index contributed by atoms with van der Waals surface area (Å²) in [6, 6.07) is 7.23. The molecule has 1 saturated heterocycles. The molecule has 1 aromatic heterocycles. The number of para-hydroxylation sites is 1. The van der Waals surface area contributed by atoms with Gasteiger partial charge in [-0.2, -0.15) is 0 Å². The second kappa shape index (κ2) is 7.78. The van der Waals surface area contributed by atoms with Crippen LogP contribution in [0.2, 0.25) is 0 Å². The number of aromatic amines is 1. The number of carbonyl (C=O) groups is 1. The standard InChI is InChI=1S/C19H25N3O3/c1-3-16-14(9-7-11-25-16)19(24)22(4-2)12-17-20-15-10-6-5-8-13(15)18(23)21-17/h5-6,8,10,14,16H,3-4,7,9,11-12H2,1-2H3,(H,20,21,23)/t14-,16+/m0/s1. The molecular weight excluding hydrogens is 318 g/mol. The van der Waals surface area contributed by atoms with Gasteiger partial charge >= 0.3 is 0 Å². The Bertz CT molecular complexity index is 802. The maximum atomic E-state index is 13.0. The van der Waals surface area contributed by atoms with Crippen LogP contribution in [0.1, 0.15) is 38.9 Å². The molecule has 1 aliphatic rings. The van der Waals surface area contributed by atoms with Crippen molar-refractivity contribution in [1.29, 1.82) is 0 Å². The van der Waals surface area contributed by atoms with Crippen molar-refractivity contribution >= 4 is 16.8 Å². The van der Waals surface area contributed by atoms with Crippen LogP contribution in [-0.4, -0.2) is 40.0 Å². The van der Waals surface area contributed by atoms with Crippen LogP contribution >= 0.6 is 0 Å². The van der Waals surface area contributed by atoms with Gasteiger partial charge in [-0.05, 0) is 38.3 Å². The van der Waals surface area contributed by atoms with E-state index in [1.54, 1.807) is 11.0 Å². The fraction of sp³-hybridized carbons (Fsp3) is 0.526. The van der Waals surface area contributed by atoms with Crippen LogP contribution in [0.25, 0.3) is 10.9 Å². The molecule has 1 aromatic carbocycles. The van der Waals surface area contributed by atoms with Gasteiger partial charge < -0.3 is 14.6 Å². The molecule has 0 radical (unpaired) electrons. The molecule has 134 valence electrons. The van der Waals surface area contributed by atoms with Gasteiger partial charge in [-0.15, -0.1) is 0 Å². The van der Waals surface area contributed by atoms with Gasteiger partial charge in [0.1, 0.15) is 5.82 Å². The van der Waals surface area contributed by atoms with Crippen molar-refractivity contribution in [1.82, 2.24) is 14.9 Å². The van der Waals surface area contributed by atoms with Gasteiger partial charge in [-0.3, -0.25) is 9.59 Å². The molecule has 2 atom stereocenters. The lowest BCUT2D eigenvalue weighted by atomic mass is 9.91. The number of nitrogens with zero attached hydrogens (tertiary/aromatic N) is 2. The predicted molar refractivity (Wildman–Crippen MR) is 96.2 cm³/mol. The van der Waals surface area contributed by atoms with Crippen molar-refractivity contribution < 1.29 is 9.53 Å². The minimum absolute atomic E-state index is 0.0149. The summed E-state index contributed by atoms with van der Waals surface area (Å²) in [5.74, 6) is 0.499. The van der Waals surface area contributed by atoms with Gasteiger partial charge in [0.2, 0.25) is 5.91 Å². The van der Waals surface area contributed by atoms with Gasteiger partial charge in [-0.25, -0.2) is 4.98 Å². The highest BCUT2D eigenvalue weighted by molar-refractivity contribution is 5.80. The largest absolute Gasteiger partial charge is 0.377 e. The summed E-state index contributed by atoms with van der Waals surface area (Å²) < 4.78 is 5.76. The van der Waals surface area contributed by atoms with Gasteiger partial charge in [0.15, 0.2) is 0 Å². The number of H-pyrrole nitrogens is 1. The molecule has 0 unspecified atom stereocenters. The number of ether oxygens (including phenoxy) is 1. The summed E-state index contributed by atoms with van der Waals surface area (Å²) in [4.78, 5) is 34.3. The molecule has 0 bridgehead atoms. The number of fused-ring (bicyclic) bond motifs is 1. The highest BCUT2D eigenvalue weighted by Crippen LogP contribution is 2.25. The van der Waals surface area contributed by atoms with Crippen molar-refractivity contribution in [3.8, 4) is 0 Å². The monoisotopic (exact) mass is 343 g/mol. The van der Waals surface area contributed by atoms with Crippen LogP contribution in [0.5, 0.6) is 0 Å². The highest BCUT2D eigenvalue weighted by Gasteiger charge is 2.33. The molecule has 2 heterocycles. The van der Waals surface area contributed by atoms with E-state index in [2.05, 4.69) is 16.9 Å². The number of aromatic nitrogens is 2. The zero-order valence-electron chi connectivity index (χ0n) is 14.8. The van der Waals surface area contributed by atoms with E-state index in [-0.39, 0.29) is 23.5 Å². The lowest BCUT2D eigenvalue weighted by Gasteiger charge is -2.33. The molecular formula is C19H25N3O3. The molecule has 0 spiro atoms. The highest BCUT2D eigenvalue weighted by atomic mass is 16.5. The van der Waals surface area contributed by atoms with E-state index in [0.29, 0.717) is 29.8 Å². The predicted octanol–water partition coefficient (Wildman–Crippen LogP) is 2.48. The molecule has 1 aliphatic heterocycles. The van der Waals surface area contributed by atoms with Crippen molar-refractivity contribution in [2.75, 3.05) is 13.2 Å². The van der Waals surface area contributed by atoms with Gasteiger partial charge in [0, 0.05) is 13.2 Å². The van der Waals surface area contributed by atoms with Crippen LogP contribution in [0.3, 0.4) is 0 Å². The smallest absolute Gasteiger partial charge is 0.258 e. The molecule has 1 amide bonds. The molecule has 0 aliphatic carbocycles. The first kappa shape index (κ1) is 17.6. The fourth-order valence-electron chi connectivity index (χ4n) is 3.50. The summed E-state index contributed by atoms with van der Waals surface area (Å²) in [5, 5.41) is 0.562. The minimum Gasteiger partial charge on any atom is -0.377 e. The fourth-order valence-corrected chi connectivity index (χ4v) is 3.50. The van der Waals surface area contributed by atoms with Gasteiger partial charge in [0.25, 0.3) is 5.56 Å². The Morgan fingerprint density at radius 2 is 2.16 bits per heavy atom. The average Bonchev–Trinajstić information content (AvgIpc) is 2.65. The third kappa shape index (κ3) is 3.74. The summed E-state index contributed by atoms with van der Waals surface area (Å²) in [6.45, 7) is 5.61. The number of nitrogens with one attached hydrogen (secondary N) is 1. The zero-order chi connectivity index (χ0) is 17.8. The lowest BCUT2D eigenvalue weighted by molar-refractivity contribution is -0.145. The molecule has 1 N–H and O–H groups in total. The maximum Gasteiger partial charge on any atom is 0.258 e. The molecule has 1 fully saturated rings. The van der Waals surface area contributed by atoms with E-state index < -0.39 is 0 Å². The minimum atomic E-state index is -0.170. The van der Waals surface area contributed by atoms with Crippen LogP contribution in [0.4, 0.5) is 0 Å². The van der Waals surface area contributed by atoms with Crippen LogP contribution in [-0.2, 0) is 16.1 Å². The Morgan fingerprint density at radius 1 is 1.36 bits per heavy atom. The van der Waals surface area contributed by atoms with E-state index in [1.807, 2.05) is 25.1 Å². The SMILES string of the molecule is CC[C@H]1OCCC[C@@H]1C(=O)N(CC)Cc1nc2ccccc2c(=O)[nH]1. The maximum absolute atomic E-state index is 13.0. The number of amides is 1. The number of hydrogen-bond acceptors (Lipinski definition) is 4. The lowest BCUT2D eigenvalue weighted by Crippen LogP contribution is -2.43. The first-order chi connectivity index (χ1) is 12.1. The third-order valence-electron chi connectivity index (χ3n) is 4.86. The second-order valence-electron chi connectivity index (χ2n) is 6.45. The van der Waals surface area contributed by atoms with Crippen molar-refractivity contribution in [3.63, 3.8) is 0 Å². The summed E-state index contributed by atoms with van der Waals surface area (Å²) in [6.07, 6.45) is 2.59. The number of carbonyl (C=O) groups excluding carboxylic acids is 1. The van der Waals surface area contributed by atoms with Gasteiger partial charge in [-0.1, -0.05) is 19.1 Å². The van der Waals surface area contributed by atoms with Gasteiger partial charge in [0.05, 0.1) is 29.5 Å². The number of hydrogen-bond donors (Lipinski definition) is 1. The Labute approximate surface area is 147 Å². The molecule has 3 rings (SSSR count). The molecule has 0 saturated carbocycles. The Hall–Kier alpha value is -2.21. The molecule has 2 aromatic rings. The van der Waals surface area contributed by atoms with Crippen molar-refractivity contribution in [2.24, 2.45) is 5.92 Å². The summed E-state index contributed by atoms with van der Waals surface area (Å²) in [7, 11) is 0. The molecule has 6 nitrogen and oxygen atoms in total. The van der Waals surface area contributed by atoms with E-state index in [1.165, 1.54) is 0 Å². The summed E-state index contributed by atoms with van der Waals surface area (Å²) in [5.41, 5.74) is 0.480. The first-order valence-corrected chi connectivity index (χ1v) is 9.02. The zero-order valence-corrected chi connectivity index (χ0v) is 14.8. The topological polar surface area (TPSA) is 75.3 Å². The Balaban J connectivity index is 1.82. The molecule has 25 heavy (non-hydrogen) atoms. The quantitative estimate of drug-likeness (QED) is 0.905. The number of benzene rings is 1. The van der Waals surface area contributed by atoms with E-state index >= 15 is 0 Å². The van der Waals surface area contributed by atoms with Crippen molar-refractivity contribution in [2.45, 2.75) is 45.8 Å². The second-order valence-corrected chi connectivity index (χ2v) is 6.45.